The molecule has 4 aromatic carbocycles. The van der Waals surface area contributed by atoms with E-state index in [1.807, 2.05) is 30.3 Å². The van der Waals surface area contributed by atoms with E-state index in [1.165, 1.54) is 43.8 Å². The van der Waals surface area contributed by atoms with Gasteiger partial charge in [-0.3, -0.25) is 0 Å². The summed E-state index contributed by atoms with van der Waals surface area (Å²) in [5.74, 6) is 0. The van der Waals surface area contributed by atoms with Crippen LogP contribution in [0.25, 0.3) is 0 Å². The first-order valence-electron chi connectivity index (χ1n) is 10.2. The minimum atomic E-state index is 0. The number of aryl methyl sites for hydroxylation is 4. The van der Waals surface area contributed by atoms with E-state index in [-0.39, 0.29) is 60.5 Å². The van der Waals surface area contributed by atoms with Gasteiger partial charge in [0.05, 0.1) is 0 Å². The monoisotopic (exact) mass is 557 g/mol. The van der Waals surface area contributed by atoms with E-state index in [0.29, 0.717) is 0 Å². The van der Waals surface area contributed by atoms with Gasteiger partial charge in [0.25, 0.3) is 0 Å². The van der Waals surface area contributed by atoms with Crippen LogP contribution in [-0.2, 0) is 26.2 Å². The molecule has 0 aliphatic heterocycles. The molecule has 4 rings (SSSR count). The van der Waals surface area contributed by atoms with Crippen LogP contribution in [0.2, 0.25) is 0 Å². The van der Waals surface area contributed by atoms with Gasteiger partial charge >= 0.3 is 26.2 Å². The van der Waals surface area contributed by atoms with Gasteiger partial charge < -0.3 is 24.8 Å². The first kappa shape index (κ1) is 33.0. The average Bonchev–Trinajstić information content (AvgIpc) is 3.36. The van der Waals surface area contributed by atoms with Crippen molar-refractivity contribution in [1.82, 2.24) is 0 Å². The summed E-state index contributed by atoms with van der Waals surface area (Å²) in [7, 11) is 0.241. The minimum absolute atomic E-state index is 0. The van der Waals surface area contributed by atoms with Crippen molar-refractivity contribution in [3.05, 3.63) is 118 Å². The van der Waals surface area contributed by atoms with E-state index in [9.17, 15) is 0 Å². The average molecular weight is 560 g/mol. The molecular formula is C28H33Cl2SiZr. The van der Waals surface area contributed by atoms with Crippen LogP contribution in [0.1, 0.15) is 33.4 Å². The summed E-state index contributed by atoms with van der Waals surface area (Å²) in [5, 5.41) is 3.01. The predicted molar refractivity (Wildman–Crippen MR) is 132 cm³/mol. The Bertz CT molecular complexity index is 921. The largest absolute Gasteiger partial charge is 4.00 e. The van der Waals surface area contributed by atoms with Gasteiger partial charge in [-0.25, -0.2) is 12.1 Å². The fraction of sp³-hybridized carbons (Fsp3) is 0.214. The second-order valence-electron chi connectivity index (χ2n) is 7.58. The third kappa shape index (κ3) is 10.6. The molecule has 0 atom stereocenters. The predicted octanol–water partition coefficient (Wildman–Crippen LogP) is -0.259. The Labute approximate surface area is 229 Å². The summed E-state index contributed by atoms with van der Waals surface area (Å²) in [4.78, 5) is 0. The van der Waals surface area contributed by atoms with Crippen LogP contribution < -0.4 is 35.2 Å². The van der Waals surface area contributed by atoms with Crippen LogP contribution in [0, 0.1) is 41.5 Å². The second-order valence-corrected chi connectivity index (χ2v) is 9.11. The van der Waals surface area contributed by atoms with Gasteiger partial charge in [0.15, 0.2) is 0 Å². The molecule has 0 amide bonds. The molecule has 0 spiro atoms. The van der Waals surface area contributed by atoms with Crippen molar-refractivity contribution >= 4 is 19.9 Å². The van der Waals surface area contributed by atoms with Crippen molar-refractivity contribution < 1.29 is 51.0 Å². The zero-order chi connectivity index (χ0) is 21.2. The van der Waals surface area contributed by atoms with Gasteiger partial charge in [-0.15, -0.1) is 0 Å². The molecule has 0 nitrogen and oxygen atoms in total. The SMILES string of the molecule is Cc1c[c-](C)c(C)c1C.Cc1ccccc1[SiH]c1ccccc1C.[Cl-].[Cl-].[Zr+4].c1cc[cH-]c1. The fourth-order valence-corrected chi connectivity index (χ4v) is 4.52. The van der Waals surface area contributed by atoms with Crippen molar-refractivity contribution in [3.63, 3.8) is 0 Å². The zero-order valence-corrected chi connectivity index (χ0v) is 25.0. The van der Waals surface area contributed by atoms with Crippen LogP contribution in [0.15, 0.2) is 84.9 Å². The molecule has 0 unspecified atom stereocenters. The topological polar surface area (TPSA) is 0 Å². The molecule has 0 aromatic heterocycles. The summed E-state index contributed by atoms with van der Waals surface area (Å²) in [6.07, 6.45) is 0. The standard InChI is InChI=1S/C14H15Si.C9H13.C5H5.2ClH.Zr/c1-11-7-3-5-9-13(11)15-14-10-6-4-8-12(14)2;1-6-5-7(2)9(4)8(6)3;1-2-4-5-3-1;;;/h3-10,15H,1-2H3;5H,1-4H3;1-5H;2*1H;/q;2*-1;;;+4/p-2. The molecule has 0 heterocycles. The fourth-order valence-electron chi connectivity index (χ4n) is 3.12. The van der Waals surface area contributed by atoms with Crippen LogP contribution in [-0.4, -0.2) is 9.52 Å². The van der Waals surface area contributed by atoms with Gasteiger partial charge in [-0.1, -0.05) is 97.7 Å². The minimum Gasteiger partial charge on any atom is -1.00 e. The number of hydrogen-bond donors (Lipinski definition) is 0. The molecule has 0 saturated heterocycles. The Morgan fingerprint density at radius 2 is 1.09 bits per heavy atom. The number of rotatable bonds is 2. The Morgan fingerprint density at radius 1 is 0.656 bits per heavy atom. The first-order valence-corrected chi connectivity index (χ1v) is 11.4. The smallest absolute Gasteiger partial charge is 1.00 e. The van der Waals surface area contributed by atoms with Crippen molar-refractivity contribution in [1.29, 1.82) is 0 Å². The normalized spacial score (nSPS) is 8.94. The molecule has 32 heavy (non-hydrogen) atoms. The maximum atomic E-state index is 2.25. The van der Waals surface area contributed by atoms with Gasteiger partial charge in [0, 0.05) is 0 Å². The van der Waals surface area contributed by atoms with E-state index in [0.717, 1.165) is 0 Å². The first-order chi connectivity index (χ1) is 13.9. The molecule has 0 aliphatic carbocycles. The summed E-state index contributed by atoms with van der Waals surface area (Å²) in [5.41, 5.74) is 8.57. The van der Waals surface area contributed by atoms with Crippen LogP contribution >= 0.6 is 0 Å². The van der Waals surface area contributed by atoms with Gasteiger partial charge in [-0.05, 0) is 13.8 Å². The Morgan fingerprint density at radius 3 is 1.34 bits per heavy atom. The van der Waals surface area contributed by atoms with Gasteiger partial charge in [-0.2, -0.15) is 46.5 Å². The number of halogens is 2. The molecule has 0 aliphatic rings. The Hall–Kier alpha value is -1.18. The van der Waals surface area contributed by atoms with Crippen LogP contribution in [0.5, 0.6) is 0 Å². The summed E-state index contributed by atoms with van der Waals surface area (Å²) >= 11 is 0. The van der Waals surface area contributed by atoms with Crippen LogP contribution in [0.3, 0.4) is 0 Å². The second kappa shape index (κ2) is 17.3. The van der Waals surface area contributed by atoms with Crippen molar-refractivity contribution in [3.8, 4) is 0 Å². The van der Waals surface area contributed by atoms with Gasteiger partial charge in [0.1, 0.15) is 9.52 Å². The van der Waals surface area contributed by atoms with Crippen molar-refractivity contribution in [2.24, 2.45) is 0 Å². The molecule has 4 aromatic rings. The number of hydrogen-bond acceptors (Lipinski definition) is 0. The molecule has 1 radical (unpaired) electrons. The Balaban J connectivity index is 0. The molecule has 0 fully saturated rings. The molecule has 0 bridgehead atoms. The molecule has 4 heteroatoms. The third-order valence-corrected chi connectivity index (χ3v) is 7.34. The van der Waals surface area contributed by atoms with Crippen molar-refractivity contribution in [2.45, 2.75) is 41.5 Å². The maximum Gasteiger partial charge on any atom is 4.00 e. The molecule has 167 valence electrons. The van der Waals surface area contributed by atoms with Crippen molar-refractivity contribution in [2.75, 3.05) is 0 Å². The summed E-state index contributed by atoms with van der Waals surface area (Å²) in [6.45, 7) is 13.1. The van der Waals surface area contributed by atoms with E-state index in [4.69, 9.17) is 0 Å². The Kier molecular flexibility index (Phi) is 17.9. The molecule has 0 N–H and O–H groups in total. The summed E-state index contributed by atoms with van der Waals surface area (Å²) in [6, 6.07) is 29.6. The molecule has 0 saturated carbocycles. The third-order valence-electron chi connectivity index (χ3n) is 5.42. The quantitative estimate of drug-likeness (QED) is 0.235. The van der Waals surface area contributed by atoms with E-state index in [2.05, 4.69) is 96.1 Å². The van der Waals surface area contributed by atoms with Crippen LogP contribution in [0.4, 0.5) is 0 Å². The molecular weight excluding hydrogens is 527 g/mol. The van der Waals surface area contributed by atoms with E-state index >= 15 is 0 Å². The summed E-state index contributed by atoms with van der Waals surface area (Å²) < 4.78 is 0. The maximum absolute atomic E-state index is 2.25. The van der Waals surface area contributed by atoms with E-state index < -0.39 is 0 Å². The zero-order valence-electron chi connectivity index (χ0n) is 19.9. The van der Waals surface area contributed by atoms with E-state index in [1.54, 1.807) is 0 Å². The number of benzene rings is 2. The van der Waals surface area contributed by atoms with Gasteiger partial charge in [0.2, 0.25) is 0 Å².